The second kappa shape index (κ2) is 5.42. The minimum atomic E-state index is -0.0683. The van der Waals surface area contributed by atoms with Crippen LogP contribution in [0.25, 0.3) is 0 Å². The van der Waals surface area contributed by atoms with Crippen molar-refractivity contribution in [2.75, 3.05) is 13.1 Å². The summed E-state index contributed by atoms with van der Waals surface area (Å²) in [6, 6.07) is 3.49. The van der Waals surface area contributed by atoms with E-state index in [1.54, 1.807) is 6.07 Å². The number of hydrogen-bond donors (Lipinski definition) is 1. The summed E-state index contributed by atoms with van der Waals surface area (Å²) in [5.41, 5.74) is 0.836. The molecule has 0 radical (unpaired) electrons. The first kappa shape index (κ1) is 12.3. The van der Waals surface area contributed by atoms with E-state index in [-0.39, 0.29) is 11.9 Å². The number of rotatable bonds is 3. The van der Waals surface area contributed by atoms with Gasteiger partial charge < -0.3 is 5.32 Å². The first-order valence-corrected chi connectivity index (χ1v) is 6.08. The lowest BCUT2D eigenvalue weighted by atomic mass is 10.1. The zero-order chi connectivity index (χ0) is 12.3. The normalized spacial score (nSPS) is 21.3. The molecule has 1 atom stereocenters. The molecule has 1 amide bonds. The van der Waals surface area contributed by atoms with Crippen molar-refractivity contribution >= 4 is 17.5 Å². The van der Waals surface area contributed by atoms with Gasteiger partial charge >= 0.3 is 0 Å². The Morgan fingerprint density at radius 1 is 1.53 bits per heavy atom. The molecule has 1 aliphatic rings. The van der Waals surface area contributed by atoms with Crippen LogP contribution in [0.2, 0.25) is 5.15 Å². The number of amides is 1. The number of halogens is 1. The third-order valence-corrected chi connectivity index (χ3v) is 3.08. The van der Waals surface area contributed by atoms with E-state index in [1.165, 1.54) is 0 Å². The van der Waals surface area contributed by atoms with E-state index in [9.17, 15) is 4.79 Å². The zero-order valence-corrected chi connectivity index (χ0v) is 10.4. The molecule has 6 heteroatoms. The summed E-state index contributed by atoms with van der Waals surface area (Å²) < 4.78 is 0. The van der Waals surface area contributed by atoms with Crippen LogP contribution in [0.4, 0.5) is 0 Å². The Morgan fingerprint density at radius 2 is 2.35 bits per heavy atom. The van der Waals surface area contributed by atoms with Crippen LogP contribution in [0.3, 0.4) is 0 Å². The molecule has 0 aromatic carbocycles. The minimum absolute atomic E-state index is 0.0683. The van der Waals surface area contributed by atoms with E-state index < -0.39 is 0 Å². The third kappa shape index (κ3) is 2.92. The lowest BCUT2D eigenvalue weighted by Crippen LogP contribution is -2.54. The second-order valence-corrected chi connectivity index (χ2v) is 4.42. The van der Waals surface area contributed by atoms with Gasteiger partial charge in [-0.25, -0.2) is 0 Å². The predicted octanol–water partition coefficient (Wildman–Crippen LogP) is 0.840. The second-order valence-electron chi connectivity index (χ2n) is 4.03. The summed E-state index contributed by atoms with van der Waals surface area (Å²) in [7, 11) is 0. The van der Waals surface area contributed by atoms with Gasteiger partial charge in [-0.2, -0.15) is 5.10 Å². The summed E-state index contributed by atoms with van der Waals surface area (Å²) in [5, 5.41) is 11.1. The van der Waals surface area contributed by atoms with E-state index in [0.717, 1.165) is 18.7 Å². The van der Waals surface area contributed by atoms with Crippen LogP contribution in [0.1, 0.15) is 19.0 Å². The Labute approximate surface area is 105 Å². The van der Waals surface area contributed by atoms with Gasteiger partial charge in [0, 0.05) is 19.6 Å². The number of carbonyl (C=O) groups is 1. The summed E-state index contributed by atoms with van der Waals surface area (Å²) >= 11 is 5.68. The smallest absolute Gasteiger partial charge is 0.237 e. The Bertz CT molecular complexity index is 395. The van der Waals surface area contributed by atoms with Crippen LogP contribution in [0.5, 0.6) is 0 Å². The monoisotopic (exact) mass is 254 g/mol. The zero-order valence-electron chi connectivity index (χ0n) is 9.69. The van der Waals surface area contributed by atoms with Crippen molar-refractivity contribution in [1.82, 2.24) is 20.4 Å². The minimum Gasteiger partial charge on any atom is -0.353 e. The van der Waals surface area contributed by atoms with Gasteiger partial charge in [0.1, 0.15) is 0 Å². The highest BCUT2D eigenvalue weighted by Crippen LogP contribution is 2.12. The van der Waals surface area contributed by atoms with Crippen molar-refractivity contribution in [1.29, 1.82) is 0 Å². The Morgan fingerprint density at radius 3 is 3.00 bits per heavy atom. The fourth-order valence-electron chi connectivity index (χ4n) is 2.03. The predicted molar refractivity (Wildman–Crippen MR) is 64.5 cm³/mol. The maximum Gasteiger partial charge on any atom is 0.237 e. The number of aromatic nitrogens is 2. The quantitative estimate of drug-likeness (QED) is 0.869. The van der Waals surface area contributed by atoms with E-state index in [4.69, 9.17) is 11.6 Å². The molecule has 2 rings (SSSR count). The molecule has 1 aliphatic heterocycles. The van der Waals surface area contributed by atoms with E-state index >= 15 is 0 Å². The van der Waals surface area contributed by atoms with Crippen molar-refractivity contribution in [3.8, 4) is 0 Å². The van der Waals surface area contributed by atoms with E-state index in [0.29, 0.717) is 18.2 Å². The molecule has 0 aliphatic carbocycles. The molecule has 1 aromatic heterocycles. The maximum absolute atomic E-state index is 11.7. The van der Waals surface area contributed by atoms with Gasteiger partial charge in [0.05, 0.1) is 11.7 Å². The van der Waals surface area contributed by atoms with Crippen LogP contribution < -0.4 is 5.32 Å². The number of nitrogens with one attached hydrogen (secondary N) is 1. The standard InChI is InChI=1S/C11H15ClN4O/c1-2-9-11(17)13-5-6-16(9)7-8-3-4-10(12)15-14-8/h3-4,9H,2,5-7H2,1H3,(H,13,17). The number of hydrogen-bond acceptors (Lipinski definition) is 4. The fourth-order valence-corrected chi connectivity index (χ4v) is 2.13. The highest BCUT2D eigenvalue weighted by Gasteiger charge is 2.28. The highest BCUT2D eigenvalue weighted by molar-refractivity contribution is 6.29. The molecule has 5 nitrogen and oxygen atoms in total. The van der Waals surface area contributed by atoms with Crippen LogP contribution in [0.15, 0.2) is 12.1 Å². The van der Waals surface area contributed by atoms with Crippen molar-refractivity contribution in [2.45, 2.75) is 25.9 Å². The van der Waals surface area contributed by atoms with E-state index in [2.05, 4.69) is 20.4 Å². The van der Waals surface area contributed by atoms with Gasteiger partial charge in [-0.05, 0) is 18.6 Å². The number of nitrogens with zero attached hydrogens (tertiary/aromatic N) is 3. The number of carbonyl (C=O) groups excluding carboxylic acids is 1. The average molecular weight is 255 g/mol. The molecule has 1 unspecified atom stereocenters. The molecular formula is C11H15ClN4O. The highest BCUT2D eigenvalue weighted by atomic mass is 35.5. The van der Waals surface area contributed by atoms with Gasteiger partial charge in [0.2, 0.25) is 5.91 Å². The molecular weight excluding hydrogens is 240 g/mol. The molecule has 0 bridgehead atoms. The average Bonchev–Trinajstić information content (AvgIpc) is 2.32. The molecule has 0 saturated carbocycles. The van der Waals surface area contributed by atoms with Gasteiger partial charge in [0.15, 0.2) is 5.15 Å². The van der Waals surface area contributed by atoms with Gasteiger partial charge in [0.25, 0.3) is 0 Å². The fraction of sp³-hybridized carbons (Fsp3) is 0.545. The van der Waals surface area contributed by atoms with Gasteiger partial charge in [-0.3, -0.25) is 9.69 Å². The molecule has 1 saturated heterocycles. The Hall–Kier alpha value is -1.20. The summed E-state index contributed by atoms with van der Waals surface area (Å²) in [6.07, 6.45) is 0.798. The molecule has 1 aromatic rings. The lowest BCUT2D eigenvalue weighted by molar-refractivity contribution is -0.129. The van der Waals surface area contributed by atoms with Crippen molar-refractivity contribution in [2.24, 2.45) is 0 Å². The number of piperazine rings is 1. The van der Waals surface area contributed by atoms with Crippen molar-refractivity contribution in [3.05, 3.63) is 23.0 Å². The van der Waals surface area contributed by atoms with Crippen LogP contribution >= 0.6 is 11.6 Å². The molecule has 92 valence electrons. The van der Waals surface area contributed by atoms with Crippen molar-refractivity contribution in [3.63, 3.8) is 0 Å². The van der Waals surface area contributed by atoms with Gasteiger partial charge in [-0.15, -0.1) is 5.10 Å². The summed E-state index contributed by atoms with van der Waals surface area (Å²) in [4.78, 5) is 13.8. The topological polar surface area (TPSA) is 58.1 Å². The molecule has 2 heterocycles. The third-order valence-electron chi connectivity index (χ3n) is 2.88. The summed E-state index contributed by atoms with van der Waals surface area (Å²) in [5.74, 6) is 0.0978. The Balaban J connectivity index is 2.06. The molecule has 0 spiro atoms. The maximum atomic E-state index is 11.7. The molecule has 17 heavy (non-hydrogen) atoms. The largest absolute Gasteiger partial charge is 0.353 e. The first-order chi connectivity index (χ1) is 8.20. The van der Waals surface area contributed by atoms with Crippen molar-refractivity contribution < 1.29 is 4.79 Å². The van der Waals surface area contributed by atoms with Crippen LogP contribution in [0, 0.1) is 0 Å². The summed E-state index contributed by atoms with van der Waals surface area (Å²) in [6.45, 7) is 4.18. The van der Waals surface area contributed by atoms with Gasteiger partial charge in [-0.1, -0.05) is 18.5 Å². The first-order valence-electron chi connectivity index (χ1n) is 5.70. The molecule has 1 fully saturated rings. The van der Waals surface area contributed by atoms with Crippen LogP contribution in [-0.2, 0) is 11.3 Å². The molecule has 1 N–H and O–H groups in total. The lowest BCUT2D eigenvalue weighted by Gasteiger charge is -2.33. The van der Waals surface area contributed by atoms with Crippen LogP contribution in [-0.4, -0.2) is 40.1 Å². The Kier molecular flexibility index (Phi) is 3.91. The van der Waals surface area contributed by atoms with E-state index in [1.807, 2.05) is 13.0 Å². The SMILES string of the molecule is CCC1C(=O)NCCN1Cc1ccc(Cl)nn1.